The van der Waals surface area contributed by atoms with Gasteiger partial charge in [-0.1, -0.05) is 31.5 Å². The summed E-state index contributed by atoms with van der Waals surface area (Å²) in [6.07, 6.45) is -5.00. The Bertz CT molecular complexity index is 447. The minimum atomic E-state index is -4.15. The number of nitrogens with zero attached hydrogens (tertiary/aromatic N) is 1. The number of hydrogen-bond donors (Lipinski definition) is 1. The standard InChI is InChI=1S/C15H22ClF3N2/c1-11(2)9-20-10-12-4-5-14(13(16)8-12)21(3)7-6-15(17,18)19/h4-5,8,11,20H,6-7,9-10H2,1-3H3. The molecule has 1 aromatic carbocycles. The molecule has 6 heteroatoms. The number of benzene rings is 1. The SMILES string of the molecule is CC(C)CNCc1ccc(N(C)CCC(F)(F)F)c(Cl)c1. The van der Waals surface area contributed by atoms with Crippen molar-refractivity contribution in [3.63, 3.8) is 0 Å². The van der Waals surface area contributed by atoms with Crippen molar-refractivity contribution in [3.8, 4) is 0 Å². The number of alkyl halides is 3. The predicted octanol–water partition coefficient (Wildman–Crippen LogP) is 4.47. The summed E-state index contributed by atoms with van der Waals surface area (Å²) in [4.78, 5) is 1.53. The van der Waals surface area contributed by atoms with Crippen LogP contribution in [0.4, 0.5) is 18.9 Å². The van der Waals surface area contributed by atoms with Gasteiger partial charge in [0, 0.05) is 20.1 Å². The molecule has 0 atom stereocenters. The van der Waals surface area contributed by atoms with Crippen LogP contribution < -0.4 is 10.2 Å². The molecule has 0 heterocycles. The van der Waals surface area contributed by atoms with Crippen LogP contribution in [0.5, 0.6) is 0 Å². The Morgan fingerprint density at radius 3 is 2.48 bits per heavy atom. The van der Waals surface area contributed by atoms with E-state index in [1.807, 2.05) is 6.07 Å². The third-order valence-electron chi connectivity index (χ3n) is 3.04. The lowest BCUT2D eigenvalue weighted by molar-refractivity contribution is -0.132. The molecule has 1 aromatic rings. The van der Waals surface area contributed by atoms with Crippen molar-refractivity contribution in [2.75, 3.05) is 25.0 Å². The molecule has 0 aliphatic heterocycles. The van der Waals surface area contributed by atoms with Gasteiger partial charge in [0.1, 0.15) is 0 Å². The Labute approximate surface area is 129 Å². The van der Waals surface area contributed by atoms with Crippen molar-refractivity contribution in [3.05, 3.63) is 28.8 Å². The van der Waals surface area contributed by atoms with Gasteiger partial charge in [-0.25, -0.2) is 0 Å². The summed E-state index contributed by atoms with van der Waals surface area (Å²) in [7, 11) is 1.61. The lowest BCUT2D eigenvalue weighted by Gasteiger charge is -2.22. The minimum Gasteiger partial charge on any atom is -0.373 e. The lowest BCUT2D eigenvalue weighted by Crippen LogP contribution is -2.24. The first-order chi connectivity index (χ1) is 9.69. The molecular weight excluding hydrogens is 301 g/mol. The quantitative estimate of drug-likeness (QED) is 0.796. The summed E-state index contributed by atoms with van der Waals surface area (Å²) in [6.45, 7) is 5.75. The highest BCUT2D eigenvalue weighted by Gasteiger charge is 2.27. The zero-order valence-electron chi connectivity index (χ0n) is 12.6. The van der Waals surface area contributed by atoms with Crippen LogP contribution in [0.1, 0.15) is 25.8 Å². The van der Waals surface area contributed by atoms with E-state index < -0.39 is 12.6 Å². The van der Waals surface area contributed by atoms with Crippen LogP contribution in [0.15, 0.2) is 18.2 Å². The minimum absolute atomic E-state index is 0.103. The molecule has 0 fully saturated rings. The summed E-state index contributed by atoms with van der Waals surface area (Å²) in [6, 6.07) is 5.46. The van der Waals surface area contributed by atoms with Gasteiger partial charge >= 0.3 is 6.18 Å². The van der Waals surface area contributed by atoms with Crippen LogP contribution in [-0.4, -0.2) is 26.3 Å². The highest BCUT2D eigenvalue weighted by Crippen LogP contribution is 2.28. The second-order valence-electron chi connectivity index (χ2n) is 5.60. The Hall–Kier alpha value is -0.940. The van der Waals surface area contributed by atoms with Gasteiger partial charge in [-0.15, -0.1) is 0 Å². The monoisotopic (exact) mass is 322 g/mol. The van der Waals surface area contributed by atoms with Crippen LogP contribution in [0, 0.1) is 5.92 Å². The van der Waals surface area contributed by atoms with Crippen LogP contribution in [0.2, 0.25) is 5.02 Å². The molecule has 0 bridgehead atoms. The van der Waals surface area contributed by atoms with Gasteiger partial charge in [-0.3, -0.25) is 0 Å². The largest absolute Gasteiger partial charge is 0.390 e. The molecule has 2 nitrogen and oxygen atoms in total. The average Bonchev–Trinajstić information content (AvgIpc) is 2.35. The topological polar surface area (TPSA) is 15.3 Å². The summed E-state index contributed by atoms with van der Waals surface area (Å²) in [5.41, 5.74) is 1.64. The third-order valence-corrected chi connectivity index (χ3v) is 3.34. The molecule has 1 N–H and O–H groups in total. The first-order valence-electron chi connectivity index (χ1n) is 6.96. The van der Waals surface area contributed by atoms with Gasteiger partial charge in [0.25, 0.3) is 0 Å². The third kappa shape index (κ3) is 7.05. The molecule has 0 saturated heterocycles. The highest BCUT2D eigenvalue weighted by molar-refractivity contribution is 6.33. The molecule has 0 spiro atoms. The van der Waals surface area contributed by atoms with Crippen molar-refractivity contribution in [1.82, 2.24) is 5.32 Å². The molecule has 0 aromatic heterocycles. The molecule has 0 amide bonds. The number of halogens is 4. The zero-order chi connectivity index (χ0) is 16.0. The summed E-state index contributed by atoms with van der Waals surface area (Å²) >= 11 is 6.17. The summed E-state index contributed by atoms with van der Waals surface area (Å²) < 4.78 is 36.7. The fourth-order valence-electron chi connectivity index (χ4n) is 1.89. The molecule has 0 aliphatic rings. The Balaban J connectivity index is 2.60. The summed E-state index contributed by atoms with van der Waals surface area (Å²) in [5, 5.41) is 3.78. The van der Waals surface area contributed by atoms with Crippen LogP contribution >= 0.6 is 11.6 Å². The van der Waals surface area contributed by atoms with Crippen molar-refractivity contribution >= 4 is 17.3 Å². The maximum absolute atomic E-state index is 12.2. The van der Waals surface area contributed by atoms with Crippen LogP contribution in [-0.2, 0) is 6.54 Å². The predicted molar refractivity (Wildman–Crippen MR) is 81.9 cm³/mol. The van der Waals surface area contributed by atoms with Crippen LogP contribution in [0.3, 0.4) is 0 Å². The van der Waals surface area contributed by atoms with Gasteiger partial charge in [-0.05, 0) is 30.2 Å². The zero-order valence-corrected chi connectivity index (χ0v) is 13.4. The molecule has 0 saturated carbocycles. The van der Waals surface area contributed by atoms with E-state index in [1.54, 1.807) is 19.2 Å². The first kappa shape index (κ1) is 18.1. The van der Waals surface area contributed by atoms with E-state index in [0.29, 0.717) is 23.2 Å². The molecule has 1 rings (SSSR count). The molecule has 0 aliphatic carbocycles. The average molecular weight is 323 g/mol. The molecule has 0 unspecified atom stereocenters. The number of nitrogens with one attached hydrogen (secondary N) is 1. The number of hydrogen-bond acceptors (Lipinski definition) is 2. The number of anilines is 1. The Morgan fingerprint density at radius 2 is 1.95 bits per heavy atom. The summed E-state index contributed by atoms with van der Waals surface area (Å²) in [5.74, 6) is 0.563. The normalized spacial score (nSPS) is 12.0. The first-order valence-corrected chi connectivity index (χ1v) is 7.34. The van der Waals surface area contributed by atoms with Gasteiger partial charge in [0.05, 0.1) is 17.1 Å². The maximum atomic E-state index is 12.2. The molecule has 0 radical (unpaired) electrons. The van der Waals surface area contributed by atoms with E-state index in [2.05, 4.69) is 19.2 Å². The van der Waals surface area contributed by atoms with Gasteiger partial charge in [0.15, 0.2) is 0 Å². The number of rotatable bonds is 7. The fraction of sp³-hybridized carbons (Fsp3) is 0.600. The van der Waals surface area contributed by atoms with Gasteiger partial charge in [0.2, 0.25) is 0 Å². The molecule has 21 heavy (non-hydrogen) atoms. The molecular formula is C15H22ClF3N2. The second kappa shape index (κ2) is 7.90. The van der Waals surface area contributed by atoms with E-state index in [-0.39, 0.29) is 6.54 Å². The smallest absolute Gasteiger partial charge is 0.373 e. The van der Waals surface area contributed by atoms with E-state index in [1.165, 1.54) is 4.90 Å². The van der Waals surface area contributed by atoms with Crippen molar-refractivity contribution in [2.45, 2.75) is 33.0 Å². The second-order valence-corrected chi connectivity index (χ2v) is 6.00. The van der Waals surface area contributed by atoms with Crippen LogP contribution in [0.25, 0.3) is 0 Å². The van der Waals surface area contributed by atoms with E-state index in [0.717, 1.165) is 12.1 Å². The highest BCUT2D eigenvalue weighted by atomic mass is 35.5. The van der Waals surface area contributed by atoms with E-state index in [9.17, 15) is 13.2 Å². The maximum Gasteiger partial charge on any atom is 0.390 e. The van der Waals surface area contributed by atoms with Crippen molar-refractivity contribution in [2.24, 2.45) is 5.92 Å². The van der Waals surface area contributed by atoms with E-state index >= 15 is 0 Å². The van der Waals surface area contributed by atoms with Gasteiger partial charge in [-0.2, -0.15) is 13.2 Å². The van der Waals surface area contributed by atoms with E-state index in [4.69, 9.17) is 11.6 Å². The Morgan fingerprint density at radius 1 is 1.29 bits per heavy atom. The Kier molecular flexibility index (Phi) is 6.81. The fourth-order valence-corrected chi connectivity index (χ4v) is 2.24. The molecule has 120 valence electrons. The van der Waals surface area contributed by atoms with Crippen molar-refractivity contribution < 1.29 is 13.2 Å². The van der Waals surface area contributed by atoms with Crippen molar-refractivity contribution in [1.29, 1.82) is 0 Å². The van der Waals surface area contributed by atoms with Gasteiger partial charge < -0.3 is 10.2 Å². The lowest BCUT2D eigenvalue weighted by atomic mass is 10.1.